The van der Waals surface area contributed by atoms with Crippen molar-refractivity contribution in [3.05, 3.63) is 327 Å². The van der Waals surface area contributed by atoms with E-state index in [9.17, 15) is 0 Å². The van der Waals surface area contributed by atoms with E-state index in [0.717, 1.165) is 44.8 Å². The molecule has 0 amide bonds. The van der Waals surface area contributed by atoms with Crippen LogP contribution in [0.15, 0.2) is 264 Å². The van der Waals surface area contributed by atoms with E-state index in [2.05, 4.69) is 294 Å². The number of nitrogens with zero attached hydrogens (tertiary/aromatic N) is 1. The molecule has 6 aliphatic rings. The Kier molecular flexibility index (Phi) is 9.03. The minimum absolute atomic E-state index is 0.246. The standard InChI is InChI=1S/C87H57NO2/c1-48-34-36-49(37-35-48)88(50-39-41-58-69(44-50)85(4,5)82-80(58)83-79(60-26-12-19-33-74(60)90-83)78-57-24-10-13-27-63(57)84(2,3)81(78)82)51-38-40-56-61-46-72-62(47-71(61)87(70(56)45-51)66-30-16-8-22-54(66)55-23-9-17-31-67(55)87)76-68(42-43-75-77(76)59-25-11-18-32-73(59)89-75)86(72)64-28-14-6-20-52(64)53-21-7-15-29-65(53)86/h6-47H,1-5H3. The van der Waals surface area contributed by atoms with Crippen molar-refractivity contribution >= 4 is 60.9 Å². The van der Waals surface area contributed by atoms with Gasteiger partial charge >= 0.3 is 0 Å². The molecule has 90 heavy (non-hydrogen) atoms. The molecule has 0 unspecified atom stereocenters. The number of para-hydroxylation sites is 2. The molecule has 3 nitrogen and oxygen atoms in total. The number of benzene rings is 13. The van der Waals surface area contributed by atoms with E-state index in [1.807, 2.05) is 0 Å². The third-order valence-corrected chi connectivity index (χ3v) is 22.5. The molecule has 0 atom stereocenters. The van der Waals surface area contributed by atoms with Gasteiger partial charge < -0.3 is 13.7 Å². The fourth-order valence-corrected chi connectivity index (χ4v) is 19.0. The lowest BCUT2D eigenvalue weighted by atomic mass is 9.68. The van der Waals surface area contributed by atoms with Crippen LogP contribution in [0.3, 0.4) is 0 Å². The molecule has 0 radical (unpaired) electrons. The number of aryl methyl sites for hydroxylation is 1. The average molecular weight is 1150 g/mol. The Morgan fingerprint density at radius 1 is 0.278 bits per heavy atom. The van der Waals surface area contributed by atoms with Gasteiger partial charge in [0.25, 0.3) is 0 Å². The van der Waals surface area contributed by atoms with Crippen molar-refractivity contribution in [2.24, 2.45) is 0 Å². The monoisotopic (exact) mass is 1150 g/mol. The topological polar surface area (TPSA) is 29.5 Å². The molecule has 21 rings (SSSR count). The highest BCUT2D eigenvalue weighted by molar-refractivity contribution is 6.21. The Balaban J connectivity index is 0.832. The number of hydrogen-bond donors (Lipinski definition) is 0. The maximum Gasteiger partial charge on any atom is 0.144 e. The van der Waals surface area contributed by atoms with Crippen LogP contribution in [0, 0.1) is 6.92 Å². The van der Waals surface area contributed by atoms with Crippen molar-refractivity contribution in [1.29, 1.82) is 0 Å². The minimum Gasteiger partial charge on any atom is -0.456 e. The van der Waals surface area contributed by atoms with Crippen molar-refractivity contribution in [3.8, 4) is 66.8 Å². The van der Waals surface area contributed by atoms with Gasteiger partial charge in [-0.25, -0.2) is 0 Å². The molecule has 0 fully saturated rings. The highest BCUT2D eigenvalue weighted by Crippen LogP contribution is 2.70. The average Bonchev–Trinajstić information content (AvgIpc) is 1.50. The highest BCUT2D eigenvalue weighted by atomic mass is 16.3. The zero-order chi connectivity index (χ0) is 59.5. The summed E-state index contributed by atoms with van der Waals surface area (Å²) in [5.41, 5.74) is 37.7. The SMILES string of the molecule is Cc1ccc(N(c2ccc3c(c2)C(C)(C)c2c4c(c5c(oc6ccccc65)c2-3)-c2ccccc2C4(C)C)c2ccc3c(c2)C2(c4ccccc4-c4ccccc42)c2cc4c(cc2-3)C2(c3ccccc3-c3ccccc32)c2ccc3oc5ccccc5c3c2-4)cc1. The fourth-order valence-electron chi connectivity index (χ4n) is 19.0. The maximum absolute atomic E-state index is 7.17. The van der Waals surface area contributed by atoms with E-state index >= 15 is 0 Å². The first kappa shape index (κ1) is 49.3. The Morgan fingerprint density at radius 2 is 0.711 bits per heavy atom. The summed E-state index contributed by atoms with van der Waals surface area (Å²) in [7, 11) is 0. The van der Waals surface area contributed by atoms with Gasteiger partial charge in [0.2, 0.25) is 0 Å². The van der Waals surface area contributed by atoms with Crippen LogP contribution >= 0.6 is 0 Å². The first-order valence-corrected chi connectivity index (χ1v) is 31.9. The molecule has 2 heterocycles. The van der Waals surface area contributed by atoms with Crippen LogP contribution < -0.4 is 4.90 Å². The molecule has 0 bridgehead atoms. The van der Waals surface area contributed by atoms with Crippen molar-refractivity contribution in [2.45, 2.75) is 56.3 Å². The van der Waals surface area contributed by atoms with Crippen LogP contribution in [-0.4, -0.2) is 0 Å². The number of fused-ring (bicyclic) bond motifs is 36. The van der Waals surface area contributed by atoms with Gasteiger partial charge in [-0.05, 0) is 202 Å². The summed E-state index contributed by atoms with van der Waals surface area (Å²) in [6.07, 6.45) is 0. The van der Waals surface area contributed by atoms with Crippen molar-refractivity contribution in [2.75, 3.05) is 4.90 Å². The number of hydrogen-bond acceptors (Lipinski definition) is 3. The first-order chi connectivity index (χ1) is 44.1. The van der Waals surface area contributed by atoms with Gasteiger partial charge in [-0.15, -0.1) is 0 Å². The normalized spacial score (nSPS) is 15.7. The lowest BCUT2D eigenvalue weighted by Crippen LogP contribution is -2.27. The van der Waals surface area contributed by atoms with Crippen molar-refractivity contribution < 1.29 is 8.83 Å². The van der Waals surface area contributed by atoms with E-state index in [1.54, 1.807) is 0 Å². The summed E-state index contributed by atoms with van der Waals surface area (Å²) in [4.78, 5) is 2.53. The predicted molar refractivity (Wildman–Crippen MR) is 368 cm³/mol. The maximum atomic E-state index is 7.17. The highest BCUT2D eigenvalue weighted by Gasteiger charge is 2.57. The second-order valence-corrected chi connectivity index (χ2v) is 27.3. The van der Waals surface area contributed by atoms with Crippen LogP contribution in [0.4, 0.5) is 17.1 Å². The van der Waals surface area contributed by atoms with E-state index in [1.165, 1.54) is 155 Å². The lowest BCUT2D eigenvalue weighted by molar-refractivity contribution is 0.600. The molecule has 15 aromatic rings. The Labute approximate surface area is 521 Å². The second-order valence-electron chi connectivity index (χ2n) is 27.3. The third-order valence-electron chi connectivity index (χ3n) is 22.5. The van der Waals surface area contributed by atoms with Gasteiger partial charge in [-0.1, -0.05) is 221 Å². The molecule has 0 aliphatic heterocycles. The van der Waals surface area contributed by atoms with Crippen molar-refractivity contribution in [3.63, 3.8) is 0 Å². The predicted octanol–water partition coefficient (Wildman–Crippen LogP) is 22.6. The van der Waals surface area contributed by atoms with Gasteiger partial charge in [0, 0.05) is 55.0 Å². The van der Waals surface area contributed by atoms with E-state index in [-0.39, 0.29) is 10.8 Å². The molecule has 13 aromatic carbocycles. The fraction of sp³-hybridized carbons (Fsp3) is 0.103. The van der Waals surface area contributed by atoms with Crippen molar-refractivity contribution in [1.82, 2.24) is 0 Å². The molecule has 0 saturated heterocycles. The molecule has 0 N–H and O–H groups in total. The molecule has 2 aromatic heterocycles. The van der Waals surface area contributed by atoms with Crippen LogP contribution in [0.25, 0.3) is 111 Å². The summed E-state index contributed by atoms with van der Waals surface area (Å²) in [6, 6.07) is 97.1. The zero-order valence-corrected chi connectivity index (χ0v) is 50.5. The third kappa shape index (κ3) is 5.60. The lowest BCUT2D eigenvalue weighted by Gasteiger charge is -2.33. The molecular weight excluding hydrogens is 1090 g/mol. The summed E-state index contributed by atoms with van der Waals surface area (Å²) >= 11 is 0. The number of anilines is 3. The van der Waals surface area contributed by atoms with Gasteiger partial charge in [-0.2, -0.15) is 0 Å². The van der Waals surface area contributed by atoms with E-state index in [4.69, 9.17) is 8.83 Å². The first-order valence-electron chi connectivity index (χ1n) is 31.9. The Morgan fingerprint density at radius 3 is 1.34 bits per heavy atom. The zero-order valence-electron chi connectivity index (χ0n) is 50.5. The minimum atomic E-state index is -0.667. The molecule has 422 valence electrons. The largest absolute Gasteiger partial charge is 0.456 e. The molecule has 6 aliphatic carbocycles. The molecule has 0 saturated carbocycles. The van der Waals surface area contributed by atoms with Crippen LogP contribution in [0.1, 0.15) is 100 Å². The van der Waals surface area contributed by atoms with Gasteiger partial charge in [0.05, 0.1) is 10.8 Å². The molecule has 2 spiro atoms. The van der Waals surface area contributed by atoms with Gasteiger partial charge in [0.15, 0.2) is 0 Å². The van der Waals surface area contributed by atoms with Crippen LogP contribution in [-0.2, 0) is 21.7 Å². The smallest absolute Gasteiger partial charge is 0.144 e. The second kappa shape index (κ2) is 16.5. The van der Waals surface area contributed by atoms with Gasteiger partial charge in [0.1, 0.15) is 22.3 Å². The summed E-state index contributed by atoms with van der Waals surface area (Å²) in [5.74, 6) is 0. The van der Waals surface area contributed by atoms with Gasteiger partial charge in [-0.3, -0.25) is 0 Å². The Hall–Kier alpha value is -10.7. The molecular formula is C87H57NO2. The van der Waals surface area contributed by atoms with Crippen LogP contribution in [0.5, 0.6) is 0 Å². The van der Waals surface area contributed by atoms with E-state index < -0.39 is 10.8 Å². The summed E-state index contributed by atoms with van der Waals surface area (Å²) in [6.45, 7) is 12.0. The van der Waals surface area contributed by atoms with E-state index in [0.29, 0.717) is 0 Å². The molecule has 3 heteroatoms. The quantitative estimate of drug-likeness (QED) is 0.177. The Bertz CT molecular complexity index is 5730. The summed E-state index contributed by atoms with van der Waals surface area (Å²) in [5, 5.41) is 4.71. The van der Waals surface area contributed by atoms with Crippen LogP contribution in [0.2, 0.25) is 0 Å². The number of rotatable bonds is 3. The summed E-state index contributed by atoms with van der Waals surface area (Å²) < 4.78 is 14.0. The number of furan rings is 2.